The zero-order valence-electron chi connectivity index (χ0n) is 19.8. The van der Waals surface area contributed by atoms with E-state index < -0.39 is 0 Å². The topological polar surface area (TPSA) is 57.4 Å². The second kappa shape index (κ2) is 10.5. The molecule has 2 N–H and O–H groups in total. The van der Waals surface area contributed by atoms with Gasteiger partial charge in [0.1, 0.15) is 11.6 Å². The molecule has 0 unspecified atom stereocenters. The van der Waals surface area contributed by atoms with E-state index in [0.29, 0.717) is 19.4 Å². The first-order chi connectivity index (χ1) is 16.4. The Morgan fingerprint density at radius 3 is 2.47 bits per heavy atom. The number of carbonyl (C=O) groups is 1. The number of ether oxygens (including phenoxy) is 1. The highest BCUT2D eigenvalue weighted by molar-refractivity contribution is 5.91. The number of carbonyl (C=O) groups excluding carboxylic acids is 1. The van der Waals surface area contributed by atoms with Crippen molar-refractivity contribution < 1.29 is 13.9 Å². The van der Waals surface area contributed by atoms with E-state index in [9.17, 15) is 9.18 Å². The summed E-state index contributed by atoms with van der Waals surface area (Å²) in [6, 6.07) is 20.6. The van der Waals surface area contributed by atoms with Crippen molar-refractivity contribution in [2.75, 3.05) is 21.2 Å². The zero-order chi connectivity index (χ0) is 24.1. The molecule has 0 aliphatic rings. The lowest BCUT2D eigenvalue weighted by Crippen LogP contribution is -2.24. The van der Waals surface area contributed by atoms with E-state index in [2.05, 4.69) is 21.3 Å². The van der Waals surface area contributed by atoms with Crippen molar-refractivity contribution in [3.05, 3.63) is 89.2 Å². The monoisotopic (exact) mass is 459 g/mol. The fourth-order valence-electron chi connectivity index (χ4n) is 4.23. The molecule has 0 saturated carbocycles. The average Bonchev–Trinajstić information content (AvgIpc) is 3.19. The molecular formula is C28H30FN3O2. The lowest BCUT2D eigenvalue weighted by atomic mass is 10.0. The molecule has 5 nitrogen and oxygen atoms in total. The van der Waals surface area contributed by atoms with E-state index in [-0.39, 0.29) is 11.7 Å². The third-order valence-electron chi connectivity index (χ3n) is 5.93. The predicted octanol–water partition coefficient (Wildman–Crippen LogP) is 5.29. The van der Waals surface area contributed by atoms with E-state index in [4.69, 9.17) is 4.74 Å². The highest BCUT2D eigenvalue weighted by atomic mass is 19.1. The first-order valence-electron chi connectivity index (χ1n) is 11.4. The van der Waals surface area contributed by atoms with Gasteiger partial charge in [0, 0.05) is 36.1 Å². The van der Waals surface area contributed by atoms with Crippen LogP contribution in [-0.4, -0.2) is 37.0 Å². The van der Waals surface area contributed by atoms with Gasteiger partial charge in [-0.1, -0.05) is 24.3 Å². The number of halogens is 1. The number of fused-ring (bicyclic) bond motifs is 1. The van der Waals surface area contributed by atoms with Crippen LogP contribution in [0.3, 0.4) is 0 Å². The van der Waals surface area contributed by atoms with Crippen LogP contribution in [0.5, 0.6) is 5.75 Å². The summed E-state index contributed by atoms with van der Waals surface area (Å²) in [6.07, 6.45) is 0.804. The van der Waals surface area contributed by atoms with Crippen molar-refractivity contribution >= 4 is 16.8 Å². The van der Waals surface area contributed by atoms with Crippen LogP contribution in [0.1, 0.15) is 23.1 Å². The number of amides is 1. The number of aromatic nitrogens is 1. The van der Waals surface area contributed by atoms with Gasteiger partial charge in [-0.3, -0.25) is 4.79 Å². The molecule has 0 fully saturated rings. The number of aromatic amines is 1. The number of hydrogen-bond acceptors (Lipinski definition) is 3. The van der Waals surface area contributed by atoms with Crippen LogP contribution in [-0.2, 0) is 24.3 Å². The smallest absolute Gasteiger partial charge is 0.220 e. The molecule has 3 aromatic carbocycles. The van der Waals surface area contributed by atoms with Gasteiger partial charge in [-0.2, -0.15) is 0 Å². The van der Waals surface area contributed by atoms with Gasteiger partial charge in [-0.25, -0.2) is 4.39 Å². The number of rotatable bonds is 9. The third-order valence-corrected chi connectivity index (χ3v) is 5.93. The van der Waals surface area contributed by atoms with Gasteiger partial charge < -0.3 is 19.9 Å². The number of aryl methyl sites for hydroxylation is 1. The first kappa shape index (κ1) is 23.5. The van der Waals surface area contributed by atoms with Gasteiger partial charge >= 0.3 is 0 Å². The molecule has 4 aromatic rings. The van der Waals surface area contributed by atoms with Crippen LogP contribution in [0, 0.1) is 5.82 Å². The quantitative estimate of drug-likeness (QED) is 0.357. The molecular weight excluding hydrogens is 429 g/mol. The number of nitrogens with one attached hydrogen (secondary N) is 2. The first-order valence-corrected chi connectivity index (χ1v) is 11.4. The molecule has 0 saturated heterocycles. The fraction of sp³-hybridized carbons (Fsp3) is 0.250. The largest absolute Gasteiger partial charge is 0.497 e. The third kappa shape index (κ3) is 5.46. The second-order valence-electron chi connectivity index (χ2n) is 8.68. The molecule has 1 aromatic heterocycles. The van der Waals surface area contributed by atoms with Crippen molar-refractivity contribution in [2.24, 2.45) is 0 Å². The predicted molar refractivity (Wildman–Crippen MR) is 134 cm³/mol. The minimum Gasteiger partial charge on any atom is -0.497 e. The Morgan fingerprint density at radius 1 is 1.03 bits per heavy atom. The molecule has 0 aliphatic heterocycles. The Labute approximate surface area is 199 Å². The Morgan fingerprint density at radius 2 is 1.76 bits per heavy atom. The number of hydrogen-bond donors (Lipinski definition) is 2. The molecule has 34 heavy (non-hydrogen) atoms. The van der Waals surface area contributed by atoms with Gasteiger partial charge in [-0.15, -0.1) is 0 Å². The minimum absolute atomic E-state index is 0.0360. The molecule has 4 rings (SSSR count). The molecule has 176 valence electrons. The minimum atomic E-state index is -0.295. The molecule has 0 aliphatic carbocycles. The van der Waals surface area contributed by atoms with Crippen LogP contribution >= 0.6 is 0 Å². The maximum absolute atomic E-state index is 14.0. The number of nitrogens with zero attached hydrogens (tertiary/aromatic N) is 1. The summed E-state index contributed by atoms with van der Waals surface area (Å²) >= 11 is 0. The summed E-state index contributed by atoms with van der Waals surface area (Å²) in [5.41, 5.74) is 5.94. The molecule has 6 heteroatoms. The van der Waals surface area contributed by atoms with E-state index in [0.717, 1.165) is 45.6 Å². The average molecular weight is 460 g/mol. The van der Waals surface area contributed by atoms with Crippen LogP contribution in [0.2, 0.25) is 0 Å². The maximum Gasteiger partial charge on any atom is 0.220 e. The fourth-order valence-corrected chi connectivity index (χ4v) is 4.23. The molecule has 0 bridgehead atoms. The Balaban J connectivity index is 1.51. The standard InChI is InChI=1S/C28H30FN3O2/c1-32(2)18-21-7-5-4-6-20(21)17-30-27(33)15-13-24-25-16-22(29)10-14-26(25)31-28(24)19-8-11-23(34-3)12-9-19/h4-12,14,16,31H,13,15,17-18H2,1-3H3,(H,30,33). The van der Waals surface area contributed by atoms with Crippen LogP contribution in [0.25, 0.3) is 22.2 Å². The Bertz CT molecular complexity index is 1280. The lowest BCUT2D eigenvalue weighted by Gasteiger charge is -2.14. The summed E-state index contributed by atoms with van der Waals surface area (Å²) in [7, 11) is 5.68. The summed E-state index contributed by atoms with van der Waals surface area (Å²) < 4.78 is 19.3. The van der Waals surface area contributed by atoms with Crippen molar-refractivity contribution in [3.63, 3.8) is 0 Å². The number of benzene rings is 3. The summed E-state index contributed by atoms with van der Waals surface area (Å²) in [5, 5.41) is 3.85. The van der Waals surface area contributed by atoms with E-state index >= 15 is 0 Å². The zero-order valence-corrected chi connectivity index (χ0v) is 19.8. The maximum atomic E-state index is 14.0. The van der Waals surface area contributed by atoms with Crippen molar-refractivity contribution in [2.45, 2.75) is 25.9 Å². The van der Waals surface area contributed by atoms with Gasteiger partial charge in [0.05, 0.1) is 7.11 Å². The summed E-state index contributed by atoms with van der Waals surface area (Å²) in [6.45, 7) is 1.30. The summed E-state index contributed by atoms with van der Waals surface area (Å²) in [5.74, 6) is 0.434. The normalized spacial score (nSPS) is 11.2. The van der Waals surface area contributed by atoms with Crippen LogP contribution < -0.4 is 10.1 Å². The van der Waals surface area contributed by atoms with Gasteiger partial charge in [0.2, 0.25) is 5.91 Å². The lowest BCUT2D eigenvalue weighted by molar-refractivity contribution is -0.121. The van der Waals surface area contributed by atoms with Gasteiger partial charge in [-0.05, 0) is 85.2 Å². The van der Waals surface area contributed by atoms with E-state index in [1.807, 2.05) is 56.6 Å². The molecule has 0 spiro atoms. The van der Waals surface area contributed by atoms with Crippen LogP contribution in [0.15, 0.2) is 66.7 Å². The molecule has 1 amide bonds. The number of H-pyrrole nitrogens is 1. The second-order valence-corrected chi connectivity index (χ2v) is 8.68. The Hall–Kier alpha value is -3.64. The van der Waals surface area contributed by atoms with Gasteiger partial charge in [0.25, 0.3) is 0 Å². The highest BCUT2D eigenvalue weighted by Crippen LogP contribution is 2.32. The highest BCUT2D eigenvalue weighted by Gasteiger charge is 2.16. The van der Waals surface area contributed by atoms with Crippen LogP contribution in [0.4, 0.5) is 4.39 Å². The SMILES string of the molecule is COc1ccc(-c2[nH]c3ccc(F)cc3c2CCC(=O)NCc2ccccc2CN(C)C)cc1. The molecule has 1 heterocycles. The summed E-state index contributed by atoms with van der Waals surface area (Å²) in [4.78, 5) is 18.3. The molecule has 0 radical (unpaired) electrons. The number of methoxy groups -OCH3 is 1. The van der Waals surface area contributed by atoms with Gasteiger partial charge in [0.15, 0.2) is 0 Å². The van der Waals surface area contributed by atoms with Crippen molar-refractivity contribution in [3.8, 4) is 17.0 Å². The van der Waals surface area contributed by atoms with E-state index in [1.54, 1.807) is 13.2 Å². The Kier molecular flexibility index (Phi) is 7.28. The van der Waals surface area contributed by atoms with Crippen molar-refractivity contribution in [1.29, 1.82) is 0 Å². The molecule has 0 atom stereocenters. The van der Waals surface area contributed by atoms with E-state index in [1.165, 1.54) is 17.7 Å². The van der Waals surface area contributed by atoms with Crippen molar-refractivity contribution in [1.82, 2.24) is 15.2 Å².